The summed E-state index contributed by atoms with van der Waals surface area (Å²) in [5, 5.41) is 3.61. The summed E-state index contributed by atoms with van der Waals surface area (Å²) in [6.45, 7) is 4.10. The van der Waals surface area contributed by atoms with Gasteiger partial charge in [-0.25, -0.2) is 4.98 Å². The van der Waals surface area contributed by atoms with Gasteiger partial charge in [0.1, 0.15) is 5.82 Å². The number of benzene rings is 2. The van der Waals surface area contributed by atoms with Crippen LogP contribution in [0.1, 0.15) is 12.2 Å². The summed E-state index contributed by atoms with van der Waals surface area (Å²) in [5.74, 6) is 1.79. The van der Waals surface area contributed by atoms with E-state index in [4.69, 9.17) is 4.98 Å². The van der Waals surface area contributed by atoms with Crippen LogP contribution in [0.5, 0.6) is 0 Å². The molecule has 2 aromatic carbocycles. The van der Waals surface area contributed by atoms with Crippen molar-refractivity contribution >= 4 is 32.7 Å². The van der Waals surface area contributed by atoms with Crippen molar-refractivity contribution in [3.05, 3.63) is 58.8 Å². The van der Waals surface area contributed by atoms with Gasteiger partial charge in [0.05, 0.1) is 17.6 Å². The molecule has 1 unspecified atom stereocenters. The fourth-order valence-corrected chi connectivity index (χ4v) is 4.04. The van der Waals surface area contributed by atoms with Gasteiger partial charge in [-0.05, 0) is 42.7 Å². The Morgan fingerprint density at radius 3 is 2.92 bits per heavy atom. The Morgan fingerprint density at radius 1 is 1.20 bits per heavy atom. The van der Waals surface area contributed by atoms with Gasteiger partial charge >= 0.3 is 0 Å². The molecule has 1 saturated heterocycles. The Balaban J connectivity index is 1.32. The first-order valence-corrected chi connectivity index (χ1v) is 9.61. The third-order valence-electron chi connectivity index (χ3n) is 5.06. The van der Waals surface area contributed by atoms with Gasteiger partial charge < -0.3 is 14.8 Å². The van der Waals surface area contributed by atoms with E-state index in [9.17, 15) is 0 Å². The van der Waals surface area contributed by atoms with Gasteiger partial charge in [-0.15, -0.1) is 0 Å². The number of para-hydroxylation sites is 2. The van der Waals surface area contributed by atoms with Gasteiger partial charge in [0.25, 0.3) is 0 Å². The molecule has 2 heterocycles. The van der Waals surface area contributed by atoms with Gasteiger partial charge in [-0.1, -0.05) is 34.1 Å². The molecule has 0 spiro atoms. The first-order valence-electron chi connectivity index (χ1n) is 8.82. The van der Waals surface area contributed by atoms with Crippen LogP contribution in [0.25, 0.3) is 11.0 Å². The summed E-state index contributed by atoms with van der Waals surface area (Å²) in [5.41, 5.74) is 3.58. The number of hydrogen-bond acceptors (Lipinski definition) is 3. The quantitative estimate of drug-likeness (QED) is 0.705. The van der Waals surface area contributed by atoms with Crippen molar-refractivity contribution in [2.24, 2.45) is 13.0 Å². The third kappa shape index (κ3) is 3.58. The minimum Gasteiger partial charge on any atom is -0.371 e. The summed E-state index contributed by atoms with van der Waals surface area (Å²) < 4.78 is 3.33. The van der Waals surface area contributed by atoms with Crippen LogP contribution in [-0.4, -0.2) is 29.2 Å². The lowest BCUT2D eigenvalue weighted by molar-refractivity contribution is 0.506. The predicted octanol–water partition coefficient (Wildman–Crippen LogP) is 3.95. The van der Waals surface area contributed by atoms with E-state index in [1.165, 1.54) is 17.6 Å². The Kier molecular flexibility index (Phi) is 4.77. The average Bonchev–Trinajstić information content (AvgIpc) is 3.21. The zero-order chi connectivity index (χ0) is 17.2. The lowest BCUT2D eigenvalue weighted by Gasteiger charge is -2.19. The molecule has 1 atom stereocenters. The predicted molar refractivity (Wildman–Crippen MR) is 107 cm³/mol. The number of nitrogens with one attached hydrogen (secondary N) is 1. The third-order valence-corrected chi connectivity index (χ3v) is 5.55. The molecule has 130 valence electrons. The Hall–Kier alpha value is -1.85. The van der Waals surface area contributed by atoms with Crippen LogP contribution in [0.15, 0.2) is 53.0 Å². The normalized spacial score (nSPS) is 17.5. The molecule has 0 amide bonds. The second-order valence-electron chi connectivity index (χ2n) is 6.79. The second kappa shape index (κ2) is 7.18. The number of aryl methyl sites for hydroxylation is 1. The average molecular weight is 399 g/mol. The van der Waals surface area contributed by atoms with E-state index in [-0.39, 0.29) is 0 Å². The lowest BCUT2D eigenvalue weighted by Crippen LogP contribution is -2.27. The molecule has 1 aliphatic heterocycles. The lowest BCUT2D eigenvalue weighted by atomic mass is 10.1. The van der Waals surface area contributed by atoms with Crippen molar-refractivity contribution in [2.75, 3.05) is 24.5 Å². The highest BCUT2D eigenvalue weighted by Crippen LogP contribution is 2.26. The van der Waals surface area contributed by atoms with Gasteiger partial charge in [-0.3, -0.25) is 0 Å². The molecule has 5 heteroatoms. The number of anilines is 1. The zero-order valence-electron chi connectivity index (χ0n) is 14.5. The van der Waals surface area contributed by atoms with Crippen molar-refractivity contribution < 1.29 is 0 Å². The van der Waals surface area contributed by atoms with Gasteiger partial charge in [-0.2, -0.15) is 0 Å². The molecule has 4 rings (SSSR count). The Labute approximate surface area is 157 Å². The van der Waals surface area contributed by atoms with E-state index in [0.29, 0.717) is 5.92 Å². The van der Waals surface area contributed by atoms with Crippen LogP contribution in [0.2, 0.25) is 0 Å². The van der Waals surface area contributed by atoms with Crippen molar-refractivity contribution in [2.45, 2.75) is 13.0 Å². The van der Waals surface area contributed by atoms with Crippen LogP contribution in [0.3, 0.4) is 0 Å². The van der Waals surface area contributed by atoms with E-state index in [1.807, 2.05) is 6.07 Å². The molecule has 0 aliphatic carbocycles. The van der Waals surface area contributed by atoms with E-state index in [0.717, 1.165) is 42.0 Å². The number of imidazole rings is 1. The number of aromatic nitrogens is 2. The Morgan fingerprint density at radius 2 is 2.08 bits per heavy atom. The summed E-state index contributed by atoms with van der Waals surface area (Å²) in [7, 11) is 2.09. The molecule has 0 saturated carbocycles. The van der Waals surface area contributed by atoms with E-state index < -0.39 is 0 Å². The molecule has 25 heavy (non-hydrogen) atoms. The zero-order valence-corrected chi connectivity index (χ0v) is 16.0. The number of nitrogens with zero attached hydrogens (tertiary/aromatic N) is 3. The summed E-state index contributed by atoms with van der Waals surface area (Å²) >= 11 is 3.57. The standard InChI is InChI=1S/C20H23BrN4/c1-24-19-8-3-2-7-18(19)23-20(24)13-22-12-15-9-10-25(14-15)17-6-4-5-16(21)11-17/h2-8,11,15,22H,9-10,12-14H2,1H3. The second-order valence-corrected chi connectivity index (χ2v) is 7.70. The highest BCUT2D eigenvalue weighted by molar-refractivity contribution is 9.10. The van der Waals surface area contributed by atoms with Crippen molar-refractivity contribution in [3.8, 4) is 0 Å². The number of fused-ring (bicyclic) bond motifs is 1. The fourth-order valence-electron chi connectivity index (χ4n) is 3.65. The summed E-state index contributed by atoms with van der Waals surface area (Å²) in [6.07, 6.45) is 1.24. The van der Waals surface area contributed by atoms with Crippen molar-refractivity contribution in [1.29, 1.82) is 0 Å². The maximum absolute atomic E-state index is 4.73. The topological polar surface area (TPSA) is 33.1 Å². The largest absolute Gasteiger partial charge is 0.371 e. The SMILES string of the molecule is Cn1c(CNCC2CCN(c3cccc(Br)c3)C2)nc2ccccc21. The summed E-state index contributed by atoms with van der Waals surface area (Å²) in [4.78, 5) is 7.21. The summed E-state index contributed by atoms with van der Waals surface area (Å²) in [6, 6.07) is 16.9. The van der Waals surface area contributed by atoms with Crippen LogP contribution in [0.4, 0.5) is 5.69 Å². The maximum Gasteiger partial charge on any atom is 0.123 e. The molecule has 1 aliphatic rings. The highest BCUT2D eigenvalue weighted by atomic mass is 79.9. The number of hydrogen-bond donors (Lipinski definition) is 1. The molecule has 1 N–H and O–H groups in total. The monoisotopic (exact) mass is 398 g/mol. The van der Waals surface area contributed by atoms with Crippen LogP contribution in [0, 0.1) is 5.92 Å². The molecule has 3 aromatic rings. The van der Waals surface area contributed by atoms with Crippen molar-refractivity contribution in [1.82, 2.24) is 14.9 Å². The van der Waals surface area contributed by atoms with E-state index in [2.05, 4.69) is 80.2 Å². The maximum atomic E-state index is 4.73. The molecule has 1 aromatic heterocycles. The van der Waals surface area contributed by atoms with Gasteiger partial charge in [0, 0.05) is 36.8 Å². The van der Waals surface area contributed by atoms with Gasteiger partial charge in [0.15, 0.2) is 0 Å². The highest BCUT2D eigenvalue weighted by Gasteiger charge is 2.22. The van der Waals surface area contributed by atoms with Gasteiger partial charge in [0.2, 0.25) is 0 Å². The molecule has 0 radical (unpaired) electrons. The molecule has 1 fully saturated rings. The number of rotatable bonds is 5. The fraction of sp³-hybridized carbons (Fsp3) is 0.350. The minimum absolute atomic E-state index is 0.689. The molecular weight excluding hydrogens is 376 g/mol. The van der Waals surface area contributed by atoms with Crippen molar-refractivity contribution in [3.63, 3.8) is 0 Å². The van der Waals surface area contributed by atoms with E-state index in [1.54, 1.807) is 0 Å². The smallest absolute Gasteiger partial charge is 0.123 e. The first-order chi connectivity index (χ1) is 12.2. The molecule has 4 nitrogen and oxygen atoms in total. The molecule has 0 bridgehead atoms. The Bertz CT molecular complexity index is 873. The minimum atomic E-state index is 0.689. The van der Waals surface area contributed by atoms with Crippen LogP contribution in [-0.2, 0) is 13.6 Å². The first kappa shape index (κ1) is 16.6. The van der Waals surface area contributed by atoms with Crippen LogP contribution < -0.4 is 10.2 Å². The van der Waals surface area contributed by atoms with Crippen LogP contribution >= 0.6 is 15.9 Å². The number of halogens is 1. The van der Waals surface area contributed by atoms with E-state index >= 15 is 0 Å². The molecular formula is C20H23BrN4.